The molecule has 304 valence electrons. The Bertz CT molecular complexity index is 1770. The first-order valence-corrected chi connectivity index (χ1v) is 19.3. The van der Waals surface area contributed by atoms with Crippen LogP contribution in [0.4, 0.5) is 0 Å². The molecule has 0 bridgehead atoms. The van der Waals surface area contributed by atoms with Crippen molar-refractivity contribution in [2.75, 3.05) is 13.2 Å². The number of nitrogens with one attached hydrogen (secondary N) is 2. The van der Waals surface area contributed by atoms with Gasteiger partial charge in [-0.05, 0) is 62.5 Å². The largest absolute Gasteiger partial charge is 0.481 e. The number of fused-ring (bicyclic) bond motifs is 1. The van der Waals surface area contributed by atoms with Gasteiger partial charge in [-0.1, -0.05) is 44.4 Å². The number of carboxylic acid groups (broad SMARTS) is 3. The van der Waals surface area contributed by atoms with E-state index in [0.29, 0.717) is 19.4 Å². The topological polar surface area (TPSA) is 296 Å². The molecule has 1 aromatic heterocycles. The number of likely N-dealkylation sites (tertiary alicyclic amines) is 1. The second-order valence-corrected chi connectivity index (χ2v) is 14.8. The Kier molecular flexibility index (Phi) is 16.3. The molecule has 55 heavy (non-hydrogen) atoms. The monoisotopic (exact) mass is 797 g/mol. The second-order valence-electron chi connectivity index (χ2n) is 12.9. The predicted octanol–water partition coefficient (Wildman–Crippen LogP) is 0.894. The molecule has 2 fully saturated rings. The van der Waals surface area contributed by atoms with Gasteiger partial charge >= 0.3 is 34.8 Å². The van der Waals surface area contributed by atoms with Crippen molar-refractivity contribution in [3.8, 4) is 5.88 Å². The maximum Gasteiger partial charge on any atom is 0.414 e. The van der Waals surface area contributed by atoms with E-state index in [1.165, 1.54) is 24.3 Å². The van der Waals surface area contributed by atoms with Crippen LogP contribution in [0.25, 0.3) is 0 Å². The van der Waals surface area contributed by atoms with Crippen molar-refractivity contribution < 1.29 is 71.5 Å². The number of aromatic nitrogens is 2. The van der Waals surface area contributed by atoms with Crippen LogP contribution >= 0.6 is 0 Å². The van der Waals surface area contributed by atoms with Crippen molar-refractivity contribution in [2.24, 2.45) is 5.92 Å². The number of amides is 2. The van der Waals surface area contributed by atoms with Crippen LogP contribution in [0.1, 0.15) is 78.6 Å². The normalized spacial score (nSPS) is 19.4. The molecule has 2 aliphatic rings. The van der Waals surface area contributed by atoms with E-state index < -0.39 is 88.2 Å². The zero-order valence-corrected chi connectivity index (χ0v) is 31.4. The van der Waals surface area contributed by atoms with E-state index in [1.54, 1.807) is 24.8 Å². The molecule has 1 aliphatic carbocycles. The summed E-state index contributed by atoms with van der Waals surface area (Å²) in [6, 6.07) is 3.37. The summed E-state index contributed by atoms with van der Waals surface area (Å²) in [5.41, 5.74) is 0. The Morgan fingerprint density at radius 2 is 1.73 bits per heavy atom. The summed E-state index contributed by atoms with van der Waals surface area (Å²) >= 11 is 0. The number of nitrogens with zero attached hydrogens (tertiary/aromatic N) is 3. The number of rotatable bonds is 18. The van der Waals surface area contributed by atoms with Crippen LogP contribution in [0.3, 0.4) is 0 Å². The standard InChI is InChI=1S/C19H32N2O5.C15H15N3O10S/c1-4-8-14(19(25)26-5-2)20-12(3)17(22)21-15-10-7-6-9-13(15)11-16(21)18(23)24;19-11(16-10(15(22)23)8-12(20)21)6-7-27-13-14(18(24)28-17-13)29(25,26)9-4-2-1-3-5-9/h12-16,20H,4-11H2,1-3H3,(H,23,24);1-5,10H,6-8H2,(H,16,19)(H,20,21)(H,22,23)/t12-,13-,14-,15-,16-;10-/m00/s1. The van der Waals surface area contributed by atoms with Crippen LogP contribution in [0.15, 0.2) is 44.9 Å². The van der Waals surface area contributed by atoms with Crippen molar-refractivity contribution in [1.82, 2.24) is 20.7 Å². The number of hydrogen-bond donors (Lipinski definition) is 5. The van der Waals surface area contributed by atoms with Crippen LogP contribution in [0.2, 0.25) is 0 Å². The van der Waals surface area contributed by atoms with Crippen LogP contribution < -0.4 is 20.3 Å². The minimum Gasteiger partial charge on any atom is -0.481 e. The SMILES string of the molecule is CCC[C@H](N[C@@H](C)C(=O)N1[C@H](C(=O)O)C[C@@H]2CCCC[C@@H]21)C(=O)OCC.O=C(O)C[C@H](NC(=O)CCOc1no[n+]([O-])c1S(=O)(=O)c1ccccc1)C(=O)O. The first-order chi connectivity index (χ1) is 26.0. The fourth-order valence-electron chi connectivity index (χ4n) is 6.52. The van der Waals surface area contributed by atoms with Crippen molar-refractivity contribution in [1.29, 1.82) is 0 Å². The van der Waals surface area contributed by atoms with Crippen LogP contribution in [-0.2, 0) is 43.3 Å². The predicted molar refractivity (Wildman–Crippen MR) is 186 cm³/mol. The third kappa shape index (κ3) is 11.8. The lowest BCUT2D eigenvalue weighted by Crippen LogP contribution is -2.55. The molecule has 1 aliphatic heterocycles. The first-order valence-electron chi connectivity index (χ1n) is 17.8. The van der Waals surface area contributed by atoms with Crippen LogP contribution in [0, 0.1) is 11.1 Å². The number of ether oxygens (including phenoxy) is 2. The van der Waals surface area contributed by atoms with Gasteiger partial charge in [0, 0.05) is 6.04 Å². The Hall–Kier alpha value is -5.31. The van der Waals surface area contributed by atoms with Gasteiger partial charge in [-0.25, -0.2) is 18.0 Å². The molecule has 2 heterocycles. The van der Waals surface area contributed by atoms with Gasteiger partial charge < -0.3 is 40.2 Å². The Balaban J connectivity index is 0.000000297. The summed E-state index contributed by atoms with van der Waals surface area (Å²) in [6.07, 6.45) is 4.57. The molecule has 0 unspecified atom stereocenters. The number of aliphatic carboxylic acids is 3. The van der Waals surface area contributed by atoms with Crippen LogP contribution in [-0.4, -0.2) is 113 Å². The molecule has 6 atom stereocenters. The maximum absolute atomic E-state index is 13.1. The van der Waals surface area contributed by atoms with Crippen molar-refractivity contribution in [3.05, 3.63) is 35.5 Å². The smallest absolute Gasteiger partial charge is 0.414 e. The van der Waals surface area contributed by atoms with Gasteiger partial charge in [0.2, 0.25) is 11.8 Å². The van der Waals surface area contributed by atoms with E-state index in [9.17, 15) is 47.5 Å². The average molecular weight is 798 g/mol. The molecule has 0 spiro atoms. The van der Waals surface area contributed by atoms with Crippen molar-refractivity contribution in [2.45, 2.75) is 119 Å². The number of carboxylic acids is 3. The molecule has 2 aromatic rings. The van der Waals surface area contributed by atoms with Crippen LogP contribution in [0.5, 0.6) is 5.88 Å². The zero-order valence-electron chi connectivity index (χ0n) is 30.6. The average Bonchev–Trinajstić information content (AvgIpc) is 3.72. The van der Waals surface area contributed by atoms with E-state index >= 15 is 0 Å². The van der Waals surface area contributed by atoms with E-state index in [0.717, 1.165) is 32.1 Å². The first kappa shape index (κ1) is 44.1. The number of hydrogen-bond acceptors (Lipinski definition) is 14. The third-order valence-corrected chi connectivity index (χ3v) is 10.8. The summed E-state index contributed by atoms with van der Waals surface area (Å²) in [6.45, 7) is 5.22. The molecule has 1 saturated heterocycles. The zero-order chi connectivity index (χ0) is 40.9. The van der Waals surface area contributed by atoms with Gasteiger partial charge in [0.15, 0.2) is 0 Å². The highest BCUT2D eigenvalue weighted by Gasteiger charge is 2.48. The number of sulfone groups is 1. The van der Waals surface area contributed by atoms with Gasteiger partial charge in [0.05, 0.1) is 35.5 Å². The summed E-state index contributed by atoms with van der Waals surface area (Å²) in [5.74, 6) is -5.76. The molecule has 1 saturated carbocycles. The molecule has 5 N–H and O–H groups in total. The quantitative estimate of drug-likeness (QED) is 0.103. The number of carbonyl (C=O) groups is 6. The van der Waals surface area contributed by atoms with Gasteiger partial charge in [0.25, 0.3) is 9.84 Å². The van der Waals surface area contributed by atoms with E-state index in [2.05, 4.69) is 15.1 Å². The lowest BCUT2D eigenvalue weighted by Gasteiger charge is -2.35. The molecule has 21 heteroatoms. The maximum atomic E-state index is 13.1. The minimum atomic E-state index is -4.33. The Morgan fingerprint density at radius 3 is 2.33 bits per heavy atom. The Labute approximate surface area is 316 Å². The minimum absolute atomic E-state index is 0.00817. The van der Waals surface area contributed by atoms with E-state index in [1.807, 2.05) is 12.2 Å². The lowest BCUT2D eigenvalue weighted by atomic mass is 9.84. The molecule has 2 amide bonds. The summed E-state index contributed by atoms with van der Waals surface area (Å²) in [4.78, 5) is 71.2. The molecule has 20 nitrogen and oxygen atoms in total. The van der Waals surface area contributed by atoms with Crippen molar-refractivity contribution in [3.63, 3.8) is 0 Å². The molecule has 4 rings (SSSR count). The molecular weight excluding hydrogens is 750 g/mol. The number of carbonyl (C=O) groups excluding carboxylic acids is 3. The highest BCUT2D eigenvalue weighted by Crippen LogP contribution is 2.40. The molecular formula is C34H47N5O15S. The molecule has 0 radical (unpaired) electrons. The van der Waals surface area contributed by atoms with E-state index in [-0.39, 0.29) is 33.6 Å². The fraction of sp³-hybridized carbons (Fsp3) is 0.588. The fourth-order valence-corrected chi connectivity index (χ4v) is 7.81. The van der Waals surface area contributed by atoms with Gasteiger partial charge in [-0.15, -0.1) is 0 Å². The number of benzene rings is 1. The highest BCUT2D eigenvalue weighted by atomic mass is 32.2. The third-order valence-electron chi connectivity index (χ3n) is 9.03. The summed E-state index contributed by atoms with van der Waals surface area (Å²) in [7, 11) is -4.33. The lowest BCUT2D eigenvalue weighted by molar-refractivity contribution is -0.832. The van der Waals surface area contributed by atoms with E-state index in [4.69, 9.17) is 19.7 Å². The Morgan fingerprint density at radius 1 is 1.05 bits per heavy atom. The number of esters is 1. The highest BCUT2D eigenvalue weighted by molar-refractivity contribution is 7.91. The van der Waals surface area contributed by atoms with Gasteiger partial charge in [-0.3, -0.25) is 29.1 Å². The molecule has 1 aromatic carbocycles. The second kappa shape index (κ2) is 20.4. The summed E-state index contributed by atoms with van der Waals surface area (Å²) < 4.78 is 39.5. The van der Waals surface area contributed by atoms with Gasteiger partial charge in [-0.2, -0.15) is 0 Å². The van der Waals surface area contributed by atoms with Crippen molar-refractivity contribution >= 4 is 45.5 Å². The summed E-state index contributed by atoms with van der Waals surface area (Å²) in [5, 5.41) is 46.2. The van der Waals surface area contributed by atoms with Gasteiger partial charge in [0.1, 0.15) is 24.7 Å².